The molecule has 0 aliphatic heterocycles. The fraction of sp³-hybridized carbons (Fsp3) is 0.375. The van der Waals surface area contributed by atoms with Crippen molar-refractivity contribution in [2.24, 2.45) is 0 Å². The fourth-order valence-corrected chi connectivity index (χ4v) is 2.06. The summed E-state index contributed by atoms with van der Waals surface area (Å²) >= 11 is 0. The predicted octanol–water partition coefficient (Wildman–Crippen LogP) is 2.94. The van der Waals surface area contributed by atoms with Gasteiger partial charge in [0, 0.05) is 0 Å². The number of hydrogen-bond donors (Lipinski definition) is 1. The van der Waals surface area contributed by atoms with Gasteiger partial charge in [0.05, 0.1) is 27.0 Å². The minimum absolute atomic E-state index is 0.756. The van der Waals surface area contributed by atoms with E-state index >= 15 is 0 Å². The number of ether oxygens (including phenoxy) is 2. The van der Waals surface area contributed by atoms with Crippen LogP contribution in [0.4, 0.5) is 0 Å². The molecule has 1 aromatic heterocycles. The molecular weight excluding hydrogens is 254 g/mol. The van der Waals surface area contributed by atoms with Crippen molar-refractivity contribution in [3.8, 4) is 11.5 Å². The van der Waals surface area contributed by atoms with Crippen molar-refractivity contribution in [2.45, 2.75) is 19.9 Å². The standard InChI is InChI=1S/C16H21NO3/c1-12-7-9-20-16(12)11-17-8-6-13-4-5-14(18-2)15(10-13)19-3/h4-5,7,9-10,17H,6,8,11H2,1-3H3. The first-order valence-electron chi connectivity index (χ1n) is 6.69. The van der Waals surface area contributed by atoms with Gasteiger partial charge in [0.15, 0.2) is 11.5 Å². The Morgan fingerprint density at radius 3 is 2.55 bits per heavy atom. The summed E-state index contributed by atoms with van der Waals surface area (Å²) in [4.78, 5) is 0. The second-order valence-corrected chi connectivity index (χ2v) is 4.64. The largest absolute Gasteiger partial charge is 0.493 e. The fourth-order valence-electron chi connectivity index (χ4n) is 2.06. The van der Waals surface area contributed by atoms with Crippen LogP contribution in [0, 0.1) is 6.92 Å². The molecule has 0 aliphatic rings. The van der Waals surface area contributed by atoms with Crippen LogP contribution in [0.3, 0.4) is 0 Å². The van der Waals surface area contributed by atoms with E-state index in [0.29, 0.717) is 0 Å². The molecule has 20 heavy (non-hydrogen) atoms. The van der Waals surface area contributed by atoms with E-state index < -0.39 is 0 Å². The van der Waals surface area contributed by atoms with Crippen LogP contribution in [0.5, 0.6) is 11.5 Å². The van der Waals surface area contributed by atoms with Gasteiger partial charge in [0.2, 0.25) is 0 Å². The molecule has 0 radical (unpaired) electrons. The maximum absolute atomic E-state index is 5.38. The zero-order valence-electron chi connectivity index (χ0n) is 12.2. The molecule has 4 heteroatoms. The molecule has 0 amide bonds. The number of hydrogen-bond acceptors (Lipinski definition) is 4. The minimum Gasteiger partial charge on any atom is -0.493 e. The molecule has 2 aromatic rings. The number of methoxy groups -OCH3 is 2. The van der Waals surface area contributed by atoms with Gasteiger partial charge in [0.1, 0.15) is 5.76 Å². The van der Waals surface area contributed by atoms with E-state index in [1.54, 1.807) is 20.5 Å². The first kappa shape index (κ1) is 14.5. The highest BCUT2D eigenvalue weighted by Gasteiger charge is 2.05. The van der Waals surface area contributed by atoms with Crippen LogP contribution in [0.1, 0.15) is 16.9 Å². The third kappa shape index (κ3) is 3.54. The van der Waals surface area contributed by atoms with Crippen molar-refractivity contribution in [2.75, 3.05) is 20.8 Å². The molecule has 1 N–H and O–H groups in total. The molecule has 0 unspecified atom stereocenters. The Balaban J connectivity index is 1.83. The van der Waals surface area contributed by atoms with Crippen LogP contribution < -0.4 is 14.8 Å². The Morgan fingerprint density at radius 1 is 1.10 bits per heavy atom. The van der Waals surface area contributed by atoms with Gasteiger partial charge in [0.25, 0.3) is 0 Å². The van der Waals surface area contributed by atoms with Crippen LogP contribution in [-0.4, -0.2) is 20.8 Å². The monoisotopic (exact) mass is 275 g/mol. The molecule has 0 fully saturated rings. The summed E-state index contributed by atoms with van der Waals surface area (Å²) in [5.74, 6) is 2.53. The third-order valence-corrected chi connectivity index (χ3v) is 3.29. The van der Waals surface area contributed by atoms with Crippen LogP contribution in [0.2, 0.25) is 0 Å². The quantitative estimate of drug-likeness (QED) is 0.789. The summed E-state index contributed by atoms with van der Waals surface area (Å²) in [6.45, 7) is 3.69. The van der Waals surface area contributed by atoms with Crippen LogP contribution in [0.15, 0.2) is 34.9 Å². The smallest absolute Gasteiger partial charge is 0.160 e. The zero-order chi connectivity index (χ0) is 14.4. The van der Waals surface area contributed by atoms with E-state index in [9.17, 15) is 0 Å². The van der Waals surface area contributed by atoms with Gasteiger partial charge < -0.3 is 19.2 Å². The van der Waals surface area contributed by atoms with E-state index in [-0.39, 0.29) is 0 Å². The van der Waals surface area contributed by atoms with E-state index in [2.05, 4.69) is 18.3 Å². The minimum atomic E-state index is 0.756. The third-order valence-electron chi connectivity index (χ3n) is 3.29. The average molecular weight is 275 g/mol. The Morgan fingerprint density at radius 2 is 1.90 bits per heavy atom. The first-order valence-corrected chi connectivity index (χ1v) is 6.69. The van der Waals surface area contributed by atoms with E-state index in [4.69, 9.17) is 13.9 Å². The number of rotatable bonds is 7. The van der Waals surface area contributed by atoms with E-state index in [1.165, 1.54) is 11.1 Å². The van der Waals surface area contributed by atoms with Gasteiger partial charge in [-0.15, -0.1) is 0 Å². The SMILES string of the molecule is COc1ccc(CCNCc2occc2C)cc1OC. The summed E-state index contributed by atoms with van der Waals surface area (Å²) in [5, 5.41) is 3.38. The highest BCUT2D eigenvalue weighted by Crippen LogP contribution is 2.27. The molecule has 0 saturated carbocycles. The number of nitrogens with one attached hydrogen (secondary N) is 1. The summed E-state index contributed by atoms with van der Waals surface area (Å²) < 4.78 is 15.9. The van der Waals surface area contributed by atoms with Crippen molar-refractivity contribution >= 4 is 0 Å². The van der Waals surface area contributed by atoms with E-state index in [0.717, 1.165) is 36.8 Å². The molecule has 0 bridgehead atoms. The number of aryl methyl sites for hydroxylation is 1. The van der Waals surface area contributed by atoms with Crippen molar-refractivity contribution < 1.29 is 13.9 Å². The second-order valence-electron chi connectivity index (χ2n) is 4.64. The molecule has 0 saturated heterocycles. The van der Waals surface area contributed by atoms with Gasteiger partial charge in [-0.05, 0) is 49.2 Å². The molecule has 2 rings (SSSR count). The molecule has 108 valence electrons. The molecule has 0 aliphatic carbocycles. The van der Waals surface area contributed by atoms with Crippen LogP contribution in [0.25, 0.3) is 0 Å². The summed E-state index contributed by atoms with van der Waals surface area (Å²) in [7, 11) is 3.30. The van der Waals surface area contributed by atoms with Crippen molar-refractivity contribution in [1.82, 2.24) is 5.32 Å². The number of furan rings is 1. The molecule has 1 aromatic carbocycles. The Labute approximate surface area is 119 Å². The highest BCUT2D eigenvalue weighted by molar-refractivity contribution is 5.42. The van der Waals surface area contributed by atoms with Gasteiger partial charge >= 0.3 is 0 Å². The lowest BCUT2D eigenvalue weighted by atomic mass is 10.1. The van der Waals surface area contributed by atoms with Crippen molar-refractivity contribution in [1.29, 1.82) is 0 Å². The maximum atomic E-state index is 5.38. The van der Waals surface area contributed by atoms with Gasteiger partial charge in [-0.2, -0.15) is 0 Å². The van der Waals surface area contributed by atoms with Gasteiger partial charge in [-0.25, -0.2) is 0 Å². The van der Waals surface area contributed by atoms with Crippen molar-refractivity contribution in [3.63, 3.8) is 0 Å². The van der Waals surface area contributed by atoms with Crippen LogP contribution >= 0.6 is 0 Å². The Kier molecular flexibility index (Phi) is 5.07. The zero-order valence-corrected chi connectivity index (χ0v) is 12.2. The summed E-state index contributed by atoms with van der Waals surface area (Å²) in [6, 6.07) is 7.98. The molecule has 4 nitrogen and oxygen atoms in total. The molecule has 0 atom stereocenters. The molecular formula is C16H21NO3. The number of benzene rings is 1. The normalized spacial score (nSPS) is 10.6. The maximum Gasteiger partial charge on any atom is 0.160 e. The van der Waals surface area contributed by atoms with Crippen molar-refractivity contribution in [3.05, 3.63) is 47.4 Å². The average Bonchev–Trinajstić information content (AvgIpc) is 2.88. The summed E-state index contributed by atoms with van der Waals surface area (Å²) in [6.07, 6.45) is 2.65. The highest BCUT2D eigenvalue weighted by atomic mass is 16.5. The lowest BCUT2D eigenvalue weighted by Gasteiger charge is -2.10. The lowest BCUT2D eigenvalue weighted by Crippen LogP contribution is -2.16. The second kappa shape index (κ2) is 7.01. The van der Waals surface area contributed by atoms with Gasteiger partial charge in [-0.1, -0.05) is 6.07 Å². The van der Waals surface area contributed by atoms with Crippen LogP contribution in [-0.2, 0) is 13.0 Å². The van der Waals surface area contributed by atoms with Gasteiger partial charge in [-0.3, -0.25) is 0 Å². The topological polar surface area (TPSA) is 43.6 Å². The summed E-state index contributed by atoms with van der Waals surface area (Å²) in [5.41, 5.74) is 2.40. The molecule has 1 heterocycles. The molecule has 0 spiro atoms. The first-order chi connectivity index (χ1) is 9.74. The Bertz CT molecular complexity index is 548. The Hall–Kier alpha value is -1.94. The lowest BCUT2D eigenvalue weighted by molar-refractivity contribution is 0.354. The predicted molar refractivity (Wildman–Crippen MR) is 78.4 cm³/mol. The van der Waals surface area contributed by atoms with E-state index in [1.807, 2.05) is 18.2 Å².